The topological polar surface area (TPSA) is 72.8 Å². The van der Waals surface area contributed by atoms with Crippen LogP contribution in [0.1, 0.15) is 20.7 Å². The number of methoxy groups -OCH3 is 1. The second-order valence-electron chi connectivity index (χ2n) is 2.93. The van der Waals surface area contributed by atoms with Gasteiger partial charge >= 0.3 is 11.9 Å². The van der Waals surface area contributed by atoms with Crippen LogP contribution in [0.5, 0.6) is 0 Å². The highest BCUT2D eigenvalue weighted by molar-refractivity contribution is 5.95. The standard InChI is InChI=1S/C11H12O5/c1-15-10(13)8-3-2-4-9(7-8)11(14)16-6-5-12/h2-4,7,12H,5-6H2,1H3. The van der Waals surface area contributed by atoms with Crippen molar-refractivity contribution in [2.24, 2.45) is 0 Å². The SMILES string of the molecule is COC(=O)c1cccc(C(=O)OCCO)c1. The van der Waals surface area contributed by atoms with Crippen LogP contribution in [0, 0.1) is 0 Å². The minimum absolute atomic E-state index is 0.0682. The zero-order chi connectivity index (χ0) is 12.0. The number of hydrogen-bond donors (Lipinski definition) is 1. The van der Waals surface area contributed by atoms with Gasteiger partial charge in [0, 0.05) is 0 Å². The molecule has 0 saturated heterocycles. The van der Waals surface area contributed by atoms with Crippen molar-refractivity contribution in [3.63, 3.8) is 0 Å². The summed E-state index contributed by atoms with van der Waals surface area (Å²) in [5, 5.41) is 8.49. The second-order valence-corrected chi connectivity index (χ2v) is 2.93. The summed E-state index contributed by atoms with van der Waals surface area (Å²) in [5.41, 5.74) is 0.525. The van der Waals surface area contributed by atoms with Crippen LogP contribution in [0.4, 0.5) is 0 Å². The molecule has 1 rings (SSSR count). The molecule has 0 atom stereocenters. The van der Waals surface area contributed by atoms with Gasteiger partial charge in [-0.3, -0.25) is 0 Å². The monoisotopic (exact) mass is 224 g/mol. The van der Waals surface area contributed by atoms with Crippen LogP contribution in [0.2, 0.25) is 0 Å². The molecular formula is C11H12O5. The average Bonchev–Trinajstić information content (AvgIpc) is 2.35. The van der Waals surface area contributed by atoms with Crippen LogP contribution >= 0.6 is 0 Å². The summed E-state index contributed by atoms with van der Waals surface area (Å²) < 4.78 is 9.23. The summed E-state index contributed by atoms with van der Waals surface area (Å²) >= 11 is 0. The summed E-state index contributed by atoms with van der Waals surface area (Å²) in [4.78, 5) is 22.6. The Labute approximate surface area is 92.6 Å². The first-order chi connectivity index (χ1) is 7.69. The molecule has 1 N–H and O–H groups in total. The van der Waals surface area contributed by atoms with Gasteiger partial charge in [-0.25, -0.2) is 9.59 Å². The van der Waals surface area contributed by atoms with Gasteiger partial charge in [-0.15, -0.1) is 0 Å². The van der Waals surface area contributed by atoms with Crippen LogP contribution in [-0.4, -0.2) is 37.4 Å². The largest absolute Gasteiger partial charge is 0.465 e. The molecule has 0 amide bonds. The van der Waals surface area contributed by atoms with Crippen molar-refractivity contribution in [2.75, 3.05) is 20.3 Å². The molecule has 0 aliphatic rings. The molecule has 0 aliphatic heterocycles. The lowest BCUT2D eigenvalue weighted by molar-refractivity contribution is 0.0433. The highest BCUT2D eigenvalue weighted by Crippen LogP contribution is 2.07. The third kappa shape index (κ3) is 3.06. The molecule has 16 heavy (non-hydrogen) atoms. The van der Waals surface area contributed by atoms with E-state index >= 15 is 0 Å². The number of benzene rings is 1. The molecule has 86 valence electrons. The molecule has 1 aromatic carbocycles. The predicted molar refractivity (Wildman–Crippen MR) is 55.1 cm³/mol. The van der Waals surface area contributed by atoms with Crippen molar-refractivity contribution in [3.8, 4) is 0 Å². The summed E-state index contributed by atoms with van der Waals surface area (Å²) in [5.74, 6) is -1.10. The Balaban J connectivity index is 2.81. The van der Waals surface area contributed by atoms with Gasteiger partial charge < -0.3 is 14.6 Å². The van der Waals surface area contributed by atoms with E-state index in [1.807, 2.05) is 0 Å². The molecule has 0 spiro atoms. The quantitative estimate of drug-likeness (QED) is 0.759. The molecule has 1 aromatic rings. The molecule has 0 aromatic heterocycles. The van der Waals surface area contributed by atoms with Crippen molar-refractivity contribution in [1.82, 2.24) is 0 Å². The van der Waals surface area contributed by atoms with Crippen LogP contribution in [0.3, 0.4) is 0 Å². The minimum Gasteiger partial charge on any atom is -0.465 e. The number of carbonyl (C=O) groups is 2. The molecule has 0 radical (unpaired) electrons. The Morgan fingerprint density at radius 3 is 2.44 bits per heavy atom. The first-order valence-electron chi connectivity index (χ1n) is 4.65. The number of aliphatic hydroxyl groups excluding tert-OH is 1. The molecule has 0 saturated carbocycles. The highest BCUT2D eigenvalue weighted by Gasteiger charge is 2.11. The Kier molecular flexibility index (Phi) is 4.47. The first kappa shape index (κ1) is 12.2. The van der Waals surface area contributed by atoms with E-state index < -0.39 is 11.9 Å². The summed E-state index contributed by atoms with van der Waals surface area (Å²) in [6, 6.07) is 5.99. The smallest absolute Gasteiger partial charge is 0.338 e. The van der Waals surface area contributed by atoms with E-state index in [-0.39, 0.29) is 24.3 Å². The molecule has 0 aliphatic carbocycles. The Hall–Kier alpha value is -1.88. The molecule has 5 heteroatoms. The maximum absolute atomic E-state index is 11.4. The molecular weight excluding hydrogens is 212 g/mol. The van der Waals surface area contributed by atoms with Gasteiger partial charge in [-0.1, -0.05) is 6.07 Å². The summed E-state index contributed by atoms with van der Waals surface area (Å²) in [6.07, 6.45) is 0. The zero-order valence-electron chi connectivity index (χ0n) is 8.80. The fraction of sp³-hybridized carbons (Fsp3) is 0.273. The van der Waals surface area contributed by atoms with E-state index in [0.29, 0.717) is 0 Å². The van der Waals surface area contributed by atoms with E-state index in [9.17, 15) is 9.59 Å². The van der Waals surface area contributed by atoms with E-state index in [2.05, 4.69) is 4.74 Å². The molecule has 0 fully saturated rings. The van der Waals surface area contributed by atoms with Crippen molar-refractivity contribution in [2.45, 2.75) is 0 Å². The van der Waals surface area contributed by atoms with Crippen molar-refractivity contribution >= 4 is 11.9 Å². The maximum atomic E-state index is 11.4. The van der Waals surface area contributed by atoms with Gasteiger partial charge in [0.05, 0.1) is 24.8 Å². The average molecular weight is 224 g/mol. The Morgan fingerprint density at radius 1 is 1.25 bits per heavy atom. The lowest BCUT2D eigenvalue weighted by Gasteiger charge is -2.04. The second kappa shape index (κ2) is 5.87. The van der Waals surface area contributed by atoms with Crippen LogP contribution in [0.25, 0.3) is 0 Å². The molecule has 5 nitrogen and oxygen atoms in total. The molecule has 0 heterocycles. The Morgan fingerprint density at radius 2 is 1.88 bits per heavy atom. The fourth-order valence-electron chi connectivity index (χ4n) is 1.11. The maximum Gasteiger partial charge on any atom is 0.338 e. The Bertz CT molecular complexity index is 386. The number of hydrogen-bond acceptors (Lipinski definition) is 5. The molecule has 0 unspecified atom stereocenters. The fourth-order valence-corrected chi connectivity index (χ4v) is 1.11. The third-order valence-corrected chi connectivity index (χ3v) is 1.84. The van der Waals surface area contributed by atoms with Crippen molar-refractivity contribution < 1.29 is 24.2 Å². The number of esters is 2. The van der Waals surface area contributed by atoms with Crippen LogP contribution in [-0.2, 0) is 9.47 Å². The predicted octanol–water partition coefficient (Wildman–Crippen LogP) is 0.622. The van der Waals surface area contributed by atoms with Gasteiger partial charge in [-0.2, -0.15) is 0 Å². The normalized spacial score (nSPS) is 9.62. The number of carbonyl (C=O) groups excluding carboxylic acids is 2. The minimum atomic E-state index is -0.584. The molecule has 0 bridgehead atoms. The third-order valence-electron chi connectivity index (χ3n) is 1.84. The zero-order valence-corrected chi connectivity index (χ0v) is 8.80. The van der Waals surface area contributed by atoms with E-state index in [1.54, 1.807) is 6.07 Å². The van der Waals surface area contributed by atoms with Gasteiger partial charge in [0.1, 0.15) is 6.61 Å². The van der Waals surface area contributed by atoms with Crippen molar-refractivity contribution in [3.05, 3.63) is 35.4 Å². The number of ether oxygens (including phenoxy) is 2. The van der Waals surface area contributed by atoms with E-state index in [1.165, 1.54) is 25.3 Å². The highest BCUT2D eigenvalue weighted by atomic mass is 16.5. The van der Waals surface area contributed by atoms with Crippen LogP contribution < -0.4 is 0 Å². The summed E-state index contributed by atoms with van der Waals surface area (Å²) in [6.45, 7) is -0.302. The van der Waals surface area contributed by atoms with E-state index in [0.717, 1.165) is 0 Å². The van der Waals surface area contributed by atoms with Gasteiger partial charge in [0.25, 0.3) is 0 Å². The number of aliphatic hydroxyl groups is 1. The number of rotatable bonds is 4. The van der Waals surface area contributed by atoms with Gasteiger partial charge in [0.2, 0.25) is 0 Å². The first-order valence-corrected chi connectivity index (χ1v) is 4.65. The van der Waals surface area contributed by atoms with Crippen LogP contribution in [0.15, 0.2) is 24.3 Å². The van der Waals surface area contributed by atoms with Gasteiger partial charge in [0.15, 0.2) is 0 Å². The van der Waals surface area contributed by atoms with Crippen molar-refractivity contribution in [1.29, 1.82) is 0 Å². The summed E-state index contributed by atoms with van der Waals surface area (Å²) in [7, 11) is 1.26. The van der Waals surface area contributed by atoms with E-state index in [4.69, 9.17) is 9.84 Å². The lowest BCUT2D eigenvalue weighted by atomic mass is 10.1. The van der Waals surface area contributed by atoms with Gasteiger partial charge in [-0.05, 0) is 18.2 Å². The lowest BCUT2D eigenvalue weighted by Crippen LogP contribution is -2.10.